The van der Waals surface area contributed by atoms with Gasteiger partial charge in [-0.05, 0) is 30.7 Å². The molecule has 5 N–H and O–H groups in total. The Kier molecular flexibility index (Phi) is 6.64. The van der Waals surface area contributed by atoms with E-state index < -0.39 is 0 Å². The maximum absolute atomic E-state index is 11.8. The SMILES string of the molecule is C#C[C@H](CC)NC(=O)CCC(=O)Nc1ccc(C(=N)N)cc1. The van der Waals surface area contributed by atoms with E-state index in [0.29, 0.717) is 17.7 Å². The van der Waals surface area contributed by atoms with Crippen molar-refractivity contribution in [2.45, 2.75) is 32.2 Å². The van der Waals surface area contributed by atoms with Crippen molar-refractivity contribution >= 4 is 23.3 Å². The lowest BCUT2D eigenvalue weighted by atomic mass is 10.2. The fraction of sp³-hybridized carbons (Fsp3) is 0.312. The zero-order valence-electron chi connectivity index (χ0n) is 12.5. The molecule has 0 aliphatic rings. The molecule has 1 rings (SSSR count). The van der Waals surface area contributed by atoms with Crippen LogP contribution in [0.25, 0.3) is 0 Å². The first kappa shape index (κ1) is 17.2. The predicted molar refractivity (Wildman–Crippen MR) is 86.4 cm³/mol. The molecule has 116 valence electrons. The summed E-state index contributed by atoms with van der Waals surface area (Å²) in [6.45, 7) is 1.88. The molecule has 0 radical (unpaired) electrons. The summed E-state index contributed by atoms with van der Waals surface area (Å²) in [6.07, 6.45) is 6.05. The van der Waals surface area contributed by atoms with Crippen LogP contribution in [-0.4, -0.2) is 23.7 Å². The molecule has 2 amide bonds. The van der Waals surface area contributed by atoms with Crippen molar-refractivity contribution in [3.8, 4) is 12.3 Å². The zero-order chi connectivity index (χ0) is 16.5. The van der Waals surface area contributed by atoms with Crippen LogP contribution in [0.1, 0.15) is 31.7 Å². The Morgan fingerprint density at radius 2 is 1.86 bits per heavy atom. The van der Waals surface area contributed by atoms with E-state index >= 15 is 0 Å². The van der Waals surface area contributed by atoms with E-state index in [0.717, 1.165) is 0 Å². The van der Waals surface area contributed by atoms with Gasteiger partial charge in [0.1, 0.15) is 5.84 Å². The lowest BCUT2D eigenvalue weighted by molar-refractivity contribution is -0.124. The lowest BCUT2D eigenvalue weighted by Gasteiger charge is -2.10. The minimum atomic E-state index is -0.297. The van der Waals surface area contributed by atoms with Crippen molar-refractivity contribution in [2.75, 3.05) is 5.32 Å². The molecule has 0 aromatic heterocycles. The van der Waals surface area contributed by atoms with E-state index in [-0.39, 0.29) is 36.5 Å². The first-order chi connectivity index (χ1) is 10.5. The van der Waals surface area contributed by atoms with Gasteiger partial charge in [-0.1, -0.05) is 12.8 Å². The molecule has 0 fully saturated rings. The highest BCUT2D eigenvalue weighted by Gasteiger charge is 2.10. The minimum Gasteiger partial charge on any atom is -0.384 e. The number of hydrogen-bond acceptors (Lipinski definition) is 3. The summed E-state index contributed by atoms with van der Waals surface area (Å²) < 4.78 is 0. The Hall–Kier alpha value is -2.81. The number of hydrogen-bond donors (Lipinski definition) is 4. The Bertz CT molecular complexity index is 587. The monoisotopic (exact) mass is 300 g/mol. The van der Waals surface area contributed by atoms with E-state index in [1.165, 1.54) is 0 Å². The van der Waals surface area contributed by atoms with Crippen LogP contribution in [-0.2, 0) is 9.59 Å². The molecule has 0 unspecified atom stereocenters. The minimum absolute atomic E-state index is 0.0338. The first-order valence-corrected chi connectivity index (χ1v) is 6.96. The van der Waals surface area contributed by atoms with Gasteiger partial charge >= 0.3 is 0 Å². The quantitative estimate of drug-likeness (QED) is 0.345. The van der Waals surface area contributed by atoms with Crippen molar-refractivity contribution in [1.29, 1.82) is 5.41 Å². The Balaban J connectivity index is 2.42. The Morgan fingerprint density at radius 3 is 2.36 bits per heavy atom. The summed E-state index contributed by atoms with van der Waals surface area (Å²) in [6, 6.07) is 6.29. The van der Waals surface area contributed by atoms with Crippen molar-refractivity contribution in [1.82, 2.24) is 5.32 Å². The van der Waals surface area contributed by atoms with E-state index in [4.69, 9.17) is 17.6 Å². The van der Waals surface area contributed by atoms with Crippen molar-refractivity contribution < 1.29 is 9.59 Å². The average molecular weight is 300 g/mol. The van der Waals surface area contributed by atoms with E-state index in [1.807, 2.05) is 6.92 Å². The van der Waals surface area contributed by atoms with Gasteiger partial charge < -0.3 is 16.4 Å². The number of rotatable bonds is 7. The second-order valence-corrected chi connectivity index (χ2v) is 4.73. The van der Waals surface area contributed by atoms with Gasteiger partial charge in [0.15, 0.2) is 0 Å². The third-order valence-corrected chi connectivity index (χ3v) is 3.00. The third-order valence-electron chi connectivity index (χ3n) is 3.00. The fourth-order valence-corrected chi connectivity index (χ4v) is 1.71. The summed E-state index contributed by atoms with van der Waals surface area (Å²) in [4.78, 5) is 23.4. The predicted octanol–water partition coefficient (Wildman–Crippen LogP) is 1.22. The maximum atomic E-state index is 11.8. The van der Waals surface area contributed by atoms with E-state index in [1.54, 1.807) is 24.3 Å². The molecule has 0 bridgehead atoms. The lowest BCUT2D eigenvalue weighted by Crippen LogP contribution is -2.33. The number of benzene rings is 1. The van der Waals surface area contributed by atoms with Crippen LogP contribution in [0, 0.1) is 17.8 Å². The van der Waals surface area contributed by atoms with E-state index in [2.05, 4.69) is 16.6 Å². The smallest absolute Gasteiger partial charge is 0.224 e. The van der Waals surface area contributed by atoms with Crippen molar-refractivity contribution in [3.05, 3.63) is 29.8 Å². The number of carbonyl (C=O) groups excluding carboxylic acids is 2. The number of amides is 2. The standard InChI is InChI=1S/C16H20N4O2/c1-3-12(4-2)19-14(21)9-10-15(22)20-13-7-5-11(6-8-13)16(17)18/h1,5-8,12H,4,9-10H2,2H3,(H3,17,18)(H,19,21)(H,20,22)/t12-/m1/s1. The van der Waals surface area contributed by atoms with E-state index in [9.17, 15) is 9.59 Å². The van der Waals surface area contributed by atoms with Crippen LogP contribution in [0.15, 0.2) is 24.3 Å². The topological polar surface area (TPSA) is 108 Å². The molecule has 1 aromatic carbocycles. The second-order valence-electron chi connectivity index (χ2n) is 4.73. The number of nitrogens with one attached hydrogen (secondary N) is 3. The molecule has 0 aliphatic carbocycles. The molecule has 0 heterocycles. The molecule has 22 heavy (non-hydrogen) atoms. The van der Waals surface area contributed by atoms with Crippen LogP contribution >= 0.6 is 0 Å². The summed E-state index contributed by atoms with van der Waals surface area (Å²) in [7, 11) is 0. The molecule has 0 saturated heterocycles. The highest BCUT2D eigenvalue weighted by atomic mass is 16.2. The highest BCUT2D eigenvalue weighted by molar-refractivity contribution is 5.96. The van der Waals surface area contributed by atoms with Crippen LogP contribution in [0.5, 0.6) is 0 Å². The molecule has 6 nitrogen and oxygen atoms in total. The van der Waals surface area contributed by atoms with Gasteiger partial charge in [0.2, 0.25) is 11.8 Å². The first-order valence-electron chi connectivity index (χ1n) is 6.96. The molecule has 6 heteroatoms. The zero-order valence-corrected chi connectivity index (χ0v) is 12.5. The number of nitrogen functional groups attached to an aromatic ring is 1. The van der Waals surface area contributed by atoms with Crippen molar-refractivity contribution in [3.63, 3.8) is 0 Å². The van der Waals surface area contributed by atoms with Gasteiger partial charge in [0.05, 0.1) is 6.04 Å². The molecule has 0 aliphatic heterocycles. The van der Waals surface area contributed by atoms with Gasteiger partial charge in [-0.2, -0.15) is 0 Å². The Morgan fingerprint density at radius 1 is 1.27 bits per heavy atom. The number of amidine groups is 1. The summed E-state index contributed by atoms with van der Waals surface area (Å²) in [5.41, 5.74) is 6.52. The largest absolute Gasteiger partial charge is 0.384 e. The van der Waals surface area contributed by atoms with Crippen LogP contribution < -0.4 is 16.4 Å². The normalized spacial score (nSPS) is 11.1. The van der Waals surface area contributed by atoms with Gasteiger partial charge in [0.25, 0.3) is 0 Å². The average Bonchev–Trinajstić information content (AvgIpc) is 2.51. The van der Waals surface area contributed by atoms with Crippen molar-refractivity contribution in [2.24, 2.45) is 5.73 Å². The van der Waals surface area contributed by atoms with Gasteiger partial charge in [0, 0.05) is 24.1 Å². The Labute approximate surface area is 130 Å². The number of terminal acetylenes is 1. The fourth-order valence-electron chi connectivity index (χ4n) is 1.71. The molecule has 0 saturated carbocycles. The second kappa shape index (κ2) is 8.47. The van der Waals surface area contributed by atoms with Gasteiger partial charge in [-0.3, -0.25) is 15.0 Å². The molecule has 1 atom stereocenters. The number of nitrogens with two attached hydrogens (primary N) is 1. The van der Waals surface area contributed by atoms with Gasteiger partial charge in [-0.15, -0.1) is 6.42 Å². The van der Waals surface area contributed by atoms with Crippen LogP contribution in [0.2, 0.25) is 0 Å². The number of carbonyl (C=O) groups is 2. The van der Waals surface area contributed by atoms with Crippen LogP contribution in [0.3, 0.4) is 0 Å². The summed E-state index contributed by atoms with van der Waals surface area (Å²) in [5.74, 6) is 1.92. The molecule has 0 spiro atoms. The molecule has 1 aromatic rings. The molecular formula is C16H20N4O2. The third kappa shape index (κ3) is 5.67. The number of anilines is 1. The van der Waals surface area contributed by atoms with Gasteiger partial charge in [-0.25, -0.2) is 0 Å². The maximum Gasteiger partial charge on any atom is 0.224 e. The highest BCUT2D eigenvalue weighted by Crippen LogP contribution is 2.09. The summed E-state index contributed by atoms with van der Waals surface area (Å²) in [5, 5.41) is 12.6. The van der Waals surface area contributed by atoms with Crippen LogP contribution in [0.4, 0.5) is 5.69 Å². The summed E-state index contributed by atoms with van der Waals surface area (Å²) >= 11 is 0. The molecular weight excluding hydrogens is 280 g/mol.